The summed E-state index contributed by atoms with van der Waals surface area (Å²) in [4.78, 5) is 0. The van der Waals surface area contributed by atoms with Crippen molar-refractivity contribution in [1.82, 2.24) is 0 Å². The van der Waals surface area contributed by atoms with Crippen LogP contribution in [0, 0.1) is 0 Å². The molecule has 0 aromatic carbocycles. The Morgan fingerprint density at radius 3 is 1.25 bits per heavy atom. The molecule has 22 valence electrons. The molecule has 0 aromatic heterocycles. The van der Waals surface area contributed by atoms with Gasteiger partial charge < -0.3 is 17.0 Å². The molecule has 0 nitrogen and oxygen atoms in total. The van der Waals surface area contributed by atoms with E-state index in [0.717, 1.165) is 0 Å². The number of rotatable bonds is 0. The van der Waals surface area contributed by atoms with E-state index in [0.29, 0.717) is 0 Å². The molecule has 4 heavy (non-hydrogen) atoms. The minimum absolute atomic E-state index is 0. The van der Waals surface area contributed by atoms with E-state index in [1.807, 2.05) is 0 Å². The van der Waals surface area contributed by atoms with Crippen molar-refractivity contribution in [1.29, 1.82) is 0 Å². The fourth-order valence-electron chi connectivity index (χ4n) is 0. The van der Waals surface area contributed by atoms with Gasteiger partial charge in [0, 0.05) is 0 Å². The van der Waals surface area contributed by atoms with Crippen LogP contribution in [0.5, 0.6) is 0 Å². The van der Waals surface area contributed by atoms with Crippen molar-refractivity contribution in [2.75, 3.05) is 0 Å². The predicted octanol–water partition coefficient (Wildman–Crippen LogP) is -2.27. The van der Waals surface area contributed by atoms with Crippen LogP contribution in [0.4, 0.5) is 3.98 Å². The smallest absolute Gasteiger partial charge is 1.00 e. The second kappa shape index (κ2) is 18.6. The van der Waals surface area contributed by atoms with Crippen LogP contribution in [-0.4, -0.2) is 48.9 Å². The molecule has 0 spiro atoms. The molecule has 0 N–H and O–H groups in total. The molecule has 0 aliphatic carbocycles. The standard InChI is InChI=1S/Ba.BrH.ClF/c;;1-2/h;1H;/q+2;;/p-1. The van der Waals surface area contributed by atoms with Gasteiger partial charge in [0.1, 0.15) is 12.0 Å². The summed E-state index contributed by atoms with van der Waals surface area (Å²) in [6, 6.07) is 0. The Hall–Kier alpha value is 2.27. The van der Waals surface area contributed by atoms with Crippen LogP contribution in [0.25, 0.3) is 0 Å². The first-order valence-corrected chi connectivity index (χ1v) is 0.429. The molecule has 0 fully saturated rings. The summed E-state index contributed by atoms with van der Waals surface area (Å²) in [6.07, 6.45) is 0. The number of hydrogen-bond acceptors (Lipinski definition) is 0. The van der Waals surface area contributed by atoms with Gasteiger partial charge in [0.25, 0.3) is 0 Å². The Kier molecular flexibility index (Phi) is 75.9. The van der Waals surface area contributed by atoms with Gasteiger partial charge in [-0.15, -0.1) is 3.98 Å². The summed E-state index contributed by atoms with van der Waals surface area (Å²) in [5.41, 5.74) is 0. The topological polar surface area (TPSA) is 0 Å². The Labute approximate surface area is 80.2 Å². The molecule has 0 unspecified atom stereocenters. The molecule has 0 saturated carbocycles. The second-order valence-electron chi connectivity index (χ2n) is 0. The van der Waals surface area contributed by atoms with Crippen molar-refractivity contribution in [2.24, 2.45) is 0 Å². The summed E-state index contributed by atoms with van der Waals surface area (Å²) in [5, 5.41) is 0. The Bertz CT molecular complexity index is 8.00. The van der Waals surface area contributed by atoms with Crippen LogP contribution in [0.15, 0.2) is 0 Å². The van der Waals surface area contributed by atoms with Crippen molar-refractivity contribution >= 4 is 60.8 Å². The zero-order valence-electron chi connectivity index (χ0n) is 1.84. The summed E-state index contributed by atoms with van der Waals surface area (Å²) < 4.78 is 8.97. The average molecular weight is 272 g/mol. The SMILES string of the molecule is FCl.[Ba+2].[Br-]. The molecule has 4 heteroatoms. The van der Waals surface area contributed by atoms with E-state index in [4.69, 9.17) is 3.98 Å². The zero-order chi connectivity index (χ0) is 2.00. The Morgan fingerprint density at radius 2 is 1.25 bits per heavy atom. The summed E-state index contributed by atoms with van der Waals surface area (Å²) in [6.45, 7) is 0. The summed E-state index contributed by atoms with van der Waals surface area (Å²) in [5.74, 6) is 0. The average Bonchev–Trinajstić information content (AvgIpc) is 1.00. The molecule has 0 heterocycles. The van der Waals surface area contributed by atoms with E-state index in [2.05, 4.69) is 12.0 Å². The van der Waals surface area contributed by atoms with Crippen LogP contribution < -0.4 is 17.0 Å². The molecule has 0 rings (SSSR count). The van der Waals surface area contributed by atoms with Gasteiger partial charge in [-0.25, -0.2) is 0 Å². The Balaban J connectivity index is -0.00000000500. The van der Waals surface area contributed by atoms with Gasteiger partial charge in [-0.3, -0.25) is 0 Å². The van der Waals surface area contributed by atoms with Gasteiger partial charge in [0.15, 0.2) is 0 Å². The van der Waals surface area contributed by atoms with Crippen molar-refractivity contribution < 1.29 is 21.0 Å². The van der Waals surface area contributed by atoms with E-state index >= 15 is 0 Å². The fourth-order valence-corrected chi connectivity index (χ4v) is 0. The maximum Gasteiger partial charge on any atom is 2.00 e. The fraction of sp³-hybridized carbons (Fsp3) is 0. The quantitative estimate of drug-likeness (QED) is 0.436. The molecule has 0 radical (unpaired) electrons. The monoisotopic (exact) mass is 271 g/mol. The van der Waals surface area contributed by atoms with Gasteiger partial charge in [0.05, 0.1) is 0 Å². The molecule has 0 aliphatic rings. The normalized spacial score (nSPS) is 1.50. The summed E-state index contributed by atoms with van der Waals surface area (Å²) in [7, 11) is 0. The third kappa shape index (κ3) is 8.86. The van der Waals surface area contributed by atoms with Gasteiger partial charge in [-0.1, -0.05) is 0 Å². The van der Waals surface area contributed by atoms with Crippen molar-refractivity contribution in [2.45, 2.75) is 0 Å². The van der Waals surface area contributed by atoms with Crippen LogP contribution in [0.3, 0.4) is 0 Å². The van der Waals surface area contributed by atoms with Crippen LogP contribution in [0.2, 0.25) is 0 Å². The second-order valence-corrected chi connectivity index (χ2v) is 0. The van der Waals surface area contributed by atoms with Crippen molar-refractivity contribution in [3.63, 3.8) is 0 Å². The Morgan fingerprint density at radius 1 is 1.25 bits per heavy atom. The van der Waals surface area contributed by atoms with Gasteiger partial charge in [-0.2, -0.15) is 0 Å². The molecule has 0 bridgehead atoms. The molecular weight excluding hydrogens is 272 g/mol. The van der Waals surface area contributed by atoms with E-state index in [1.54, 1.807) is 0 Å². The maximum absolute atomic E-state index is 8.97. The van der Waals surface area contributed by atoms with Gasteiger partial charge >= 0.3 is 48.9 Å². The minimum atomic E-state index is 0. The zero-order valence-corrected chi connectivity index (χ0v) is 8.62. The van der Waals surface area contributed by atoms with E-state index < -0.39 is 0 Å². The van der Waals surface area contributed by atoms with Crippen molar-refractivity contribution in [3.05, 3.63) is 0 Å². The molecular formula is BaBrClF+. The number of halogens is 3. The molecule has 0 saturated heterocycles. The third-order valence-corrected chi connectivity index (χ3v) is 0. The first-order chi connectivity index (χ1) is 1.00. The van der Waals surface area contributed by atoms with E-state index in [9.17, 15) is 0 Å². The summed E-state index contributed by atoms with van der Waals surface area (Å²) >= 11 is 3.14. The maximum atomic E-state index is 8.97. The van der Waals surface area contributed by atoms with E-state index in [1.165, 1.54) is 0 Å². The minimum Gasteiger partial charge on any atom is -1.00 e. The van der Waals surface area contributed by atoms with Gasteiger partial charge in [-0.05, 0) is 0 Å². The predicted molar refractivity (Wildman–Crippen MR) is 12.7 cm³/mol. The number of hydrogen-bond donors (Lipinski definition) is 0. The first kappa shape index (κ1) is 16.3. The first-order valence-electron chi connectivity index (χ1n) is 0.143. The van der Waals surface area contributed by atoms with Crippen molar-refractivity contribution in [3.8, 4) is 0 Å². The van der Waals surface area contributed by atoms with Crippen LogP contribution in [0.1, 0.15) is 0 Å². The largest absolute Gasteiger partial charge is 2.00 e. The van der Waals surface area contributed by atoms with Crippen LogP contribution >= 0.6 is 12.0 Å². The molecule has 0 aromatic rings. The van der Waals surface area contributed by atoms with Crippen LogP contribution in [-0.2, 0) is 0 Å². The van der Waals surface area contributed by atoms with E-state index in [-0.39, 0.29) is 65.9 Å². The third-order valence-electron chi connectivity index (χ3n) is 0. The van der Waals surface area contributed by atoms with Gasteiger partial charge in [0.2, 0.25) is 0 Å². The molecule has 0 atom stereocenters. The molecule has 0 amide bonds. The molecule has 0 aliphatic heterocycles.